The Balaban J connectivity index is 0. The van der Waals surface area contributed by atoms with Gasteiger partial charge in [-0.1, -0.05) is 0 Å². The summed E-state index contributed by atoms with van der Waals surface area (Å²) in [6, 6.07) is 0. The molecule has 0 aliphatic rings. The van der Waals surface area contributed by atoms with Crippen molar-refractivity contribution in [1.82, 2.24) is 0 Å². The van der Waals surface area contributed by atoms with Crippen LogP contribution in [0.1, 0.15) is 16.4 Å². The molecule has 0 fully saturated rings. The maximum absolute atomic E-state index is 2.24. The SMILES string of the molecule is Cc1[pH][c]([Zr+2])c(C)c1C.[Cl-].[Cl-]. The van der Waals surface area contributed by atoms with E-state index in [2.05, 4.69) is 20.8 Å². The minimum Gasteiger partial charge on any atom is -1.00 e. The average Bonchev–Trinajstić information content (AvgIpc) is 1.98. The number of rotatable bonds is 0. The number of hydrogen-bond acceptors (Lipinski definition) is 0. The van der Waals surface area contributed by atoms with E-state index < -0.39 is 0 Å². The standard InChI is InChI=1S/C7H10P.2ClH.Zr/c1-5-4-8-7(3)6(5)2;;;/h8H,1-3H3;2*1H;/q;;;+2/p-2. The van der Waals surface area contributed by atoms with Crippen LogP contribution in [0.3, 0.4) is 0 Å². The van der Waals surface area contributed by atoms with Crippen LogP contribution in [0, 0.1) is 20.8 Å². The van der Waals surface area contributed by atoms with Crippen LogP contribution in [-0.2, 0) is 24.7 Å². The van der Waals surface area contributed by atoms with Gasteiger partial charge in [0.05, 0.1) is 0 Å². The van der Waals surface area contributed by atoms with Gasteiger partial charge in [0.25, 0.3) is 0 Å². The Labute approximate surface area is 97.3 Å². The zero-order valence-electron chi connectivity index (χ0n) is 6.76. The molecule has 0 aliphatic carbocycles. The second-order valence-electron chi connectivity index (χ2n) is 2.38. The van der Waals surface area contributed by atoms with Gasteiger partial charge in [0.1, 0.15) is 0 Å². The molecule has 0 bridgehead atoms. The molecule has 0 saturated heterocycles. The van der Waals surface area contributed by atoms with E-state index in [1.165, 1.54) is 0 Å². The summed E-state index contributed by atoms with van der Waals surface area (Å²) in [7, 11) is 1.02. The fourth-order valence-corrected chi connectivity index (χ4v) is 3.81. The van der Waals surface area contributed by atoms with Crippen LogP contribution in [0.25, 0.3) is 0 Å². The molecular formula is C7H10Cl2PZr. The largest absolute Gasteiger partial charge is 1.00 e. The molecule has 0 nitrogen and oxygen atoms in total. The van der Waals surface area contributed by atoms with Crippen molar-refractivity contribution < 1.29 is 49.5 Å². The van der Waals surface area contributed by atoms with E-state index >= 15 is 0 Å². The van der Waals surface area contributed by atoms with Gasteiger partial charge in [-0.3, -0.25) is 0 Å². The summed E-state index contributed by atoms with van der Waals surface area (Å²) in [6.07, 6.45) is 0. The Kier molecular flexibility index (Phi) is 7.80. The van der Waals surface area contributed by atoms with Crippen LogP contribution < -0.4 is 27.8 Å². The fourth-order valence-electron chi connectivity index (χ4n) is 0.844. The molecule has 1 aromatic heterocycles. The predicted molar refractivity (Wildman–Crippen MR) is 39.8 cm³/mol. The van der Waals surface area contributed by atoms with Gasteiger partial charge >= 0.3 is 73.1 Å². The van der Waals surface area contributed by atoms with Crippen molar-refractivity contribution in [3.8, 4) is 0 Å². The Morgan fingerprint density at radius 2 is 1.45 bits per heavy atom. The van der Waals surface area contributed by atoms with E-state index in [9.17, 15) is 0 Å². The van der Waals surface area contributed by atoms with E-state index in [0.717, 1.165) is 8.19 Å². The van der Waals surface area contributed by atoms with Crippen molar-refractivity contribution in [3.05, 3.63) is 16.4 Å². The smallest absolute Gasteiger partial charge is 1.00 e. The van der Waals surface area contributed by atoms with Crippen LogP contribution in [-0.4, -0.2) is 0 Å². The zero-order valence-corrected chi connectivity index (χ0v) is 11.7. The van der Waals surface area contributed by atoms with E-state index in [-0.39, 0.29) is 24.8 Å². The third-order valence-corrected chi connectivity index (χ3v) is 5.03. The van der Waals surface area contributed by atoms with Crippen molar-refractivity contribution in [2.75, 3.05) is 0 Å². The normalized spacial score (nSPS) is 9.18. The molecule has 4 heteroatoms. The number of aryl methyl sites for hydroxylation is 1. The first kappa shape index (κ1) is 14.8. The molecule has 1 unspecified atom stereocenters. The quantitative estimate of drug-likeness (QED) is 0.454. The molecule has 1 aromatic rings. The Morgan fingerprint density at radius 1 is 1.00 bits per heavy atom. The number of halogens is 2. The van der Waals surface area contributed by atoms with Gasteiger partial charge in [-0.25, -0.2) is 0 Å². The molecule has 0 aliphatic heterocycles. The Morgan fingerprint density at radius 3 is 1.55 bits per heavy atom. The van der Waals surface area contributed by atoms with Crippen molar-refractivity contribution in [2.45, 2.75) is 20.8 Å². The second kappa shape index (κ2) is 5.81. The minimum atomic E-state index is 0. The van der Waals surface area contributed by atoms with E-state index in [1.54, 1.807) is 44.1 Å². The van der Waals surface area contributed by atoms with Crippen molar-refractivity contribution in [3.63, 3.8) is 0 Å². The average molecular weight is 287 g/mol. The van der Waals surface area contributed by atoms with Crippen LogP contribution in [0.15, 0.2) is 0 Å². The van der Waals surface area contributed by atoms with Gasteiger partial charge in [0.2, 0.25) is 0 Å². The van der Waals surface area contributed by atoms with E-state index in [4.69, 9.17) is 0 Å². The molecule has 0 radical (unpaired) electrons. The molecule has 1 heterocycles. The minimum absolute atomic E-state index is 0. The van der Waals surface area contributed by atoms with Crippen molar-refractivity contribution in [1.29, 1.82) is 0 Å². The van der Waals surface area contributed by atoms with Crippen LogP contribution in [0.4, 0.5) is 0 Å². The van der Waals surface area contributed by atoms with Crippen LogP contribution >= 0.6 is 8.19 Å². The summed E-state index contributed by atoms with van der Waals surface area (Å²) >= 11 is 1.60. The fraction of sp³-hybridized carbons (Fsp3) is 0.429. The van der Waals surface area contributed by atoms with Crippen LogP contribution in [0.5, 0.6) is 0 Å². The van der Waals surface area contributed by atoms with Gasteiger partial charge in [0, 0.05) is 0 Å². The van der Waals surface area contributed by atoms with Gasteiger partial charge in [-0.2, -0.15) is 0 Å². The molecule has 1 rings (SSSR count). The molecule has 0 amide bonds. The molecule has 0 spiro atoms. The zero-order chi connectivity index (χ0) is 7.02. The van der Waals surface area contributed by atoms with Gasteiger partial charge in [0.15, 0.2) is 0 Å². The molecule has 0 aromatic carbocycles. The first-order valence-electron chi connectivity index (χ1n) is 3.00. The first-order valence-corrected chi connectivity index (χ1v) is 5.23. The summed E-state index contributed by atoms with van der Waals surface area (Å²) in [5.74, 6) is 0. The third kappa shape index (κ3) is 3.23. The van der Waals surface area contributed by atoms with Crippen molar-refractivity contribution >= 4 is 11.2 Å². The predicted octanol–water partition coefficient (Wildman–Crippen LogP) is -4.18. The Bertz CT molecular complexity index is 210. The second-order valence-corrected chi connectivity index (χ2v) is 6.33. The maximum Gasteiger partial charge on any atom is -1.00 e. The first-order chi connectivity index (χ1) is 4.13. The van der Waals surface area contributed by atoms with Crippen molar-refractivity contribution in [2.24, 2.45) is 0 Å². The molecule has 1 atom stereocenters. The number of hydrogen-bond donors (Lipinski definition) is 0. The summed E-state index contributed by atoms with van der Waals surface area (Å²) in [5, 5.41) is 1.60. The van der Waals surface area contributed by atoms with Crippen LogP contribution in [0.2, 0.25) is 0 Å². The third-order valence-electron chi connectivity index (χ3n) is 1.81. The monoisotopic (exact) mass is 285 g/mol. The topological polar surface area (TPSA) is 0 Å². The van der Waals surface area contributed by atoms with Gasteiger partial charge < -0.3 is 24.8 Å². The summed E-state index contributed by atoms with van der Waals surface area (Å²) < 4.78 is 1.66. The molecule has 11 heavy (non-hydrogen) atoms. The van der Waals surface area contributed by atoms with Gasteiger partial charge in [-0.15, -0.1) is 0 Å². The summed E-state index contributed by atoms with van der Waals surface area (Å²) in [4.78, 5) is 0. The Hall–Kier alpha value is 1.24. The maximum atomic E-state index is 2.24. The molecule has 0 saturated carbocycles. The van der Waals surface area contributed by atoms with Gasteiger partial charge in [-0.05, 0) is 0 Å². The summed E-state index contributed by atoms with van der Waals surface area (Å²) in [6.45, 7) is 6.71. The molecular weight excluding hydrogens is 277 g/mol. The molecule has 0 N–H and O–H groups in total. The van der Waals surface area contributed by atoms with E-state index in [0.29, 0.717) is 0 Å². The molecule has 61 valence electrons. The van der Waals surface area contributed by atoms with E-state index in [1.807, 2.05) is 0 Å². The summed E-state index contributed by atoms with van der Waals surface area (Å²) in [5.41, 5.74) is 3.10.